The zero-order valence-electron chi connectivity index (χ0n) is 14.8. The number of carbonyl (C=O) groups is 2. The van der Waals surface area contributed by atoms with Gasteiger partial charge in [-0.05, 0) is 39.8 Å². The van der Waals surface area contributed by atoms with Crippen LogP contribution in [-0.2, 0) is 9.59 Å². The molecule has 0 spiro atoms. The van der Waals surface area contributed by atoms with Crippen molar-refractivity contribution in [2.45, 2.75) is 49.4 Å². The smallest absolute Gasteiger partial charge is 0.327 e. The molecule has 2 N–H and O–H groups in total. The maximum Gasteiger partial charge on any atom is 0.327 e. The Morgan fingerprint density at radius 3 is 2.77 bits per heavy atom. The lowest BCUT2D eigenvalue weighted by atomic mass is 9.86. The van der Waals surface area contributed by atoms with E-state index in [0.717, 1.165) is 0 Å². The van der Waals surface area contributed by atoms with Gasteiger partial charge in [0.1, 0.15) is 22.6 Å². The van der Waals surface area contributed by atoms with Crippen LogP contribution >= 0.6 is 11.8 Å². The van der Waals surface area contributed by atoms with E-state index in [0.29, 0.717) is 22.9 Å². The van der Waals surface area contributed by atoms with Gasteiger partial charge in [0.2, 0.25) is 0 Å². The van der Waals surface area contributed by atoms with E-state index in [1.807, 2.05) is 13.8 Å². The lowest BCUT2D eigenvalue weighted by molar-refractivity contribution is -0.163. The Bertz CT molecular complexity index is 890. The average molecular weight is 377 g/mol. The summed E-state index contributed by atoms with van der Waals surface area (Å²) in [5, 5.41) is 16.5. The summed E-state index contributed by atoms with van der Waals surface area (Å²) in [5.74, 6) is -0.183. The molecule has 2 saturated heterocycles. The fourth-order valence-corrected chi connectivity index (χ4v) is 5.34. The highest BCUT2D eigenvalue weighted by Gasteiger charge is 2.69. The van der Waals surface area contributed by atoms with E-state index in [1.165, 1.54) is 22.9 Å². The maximum atomic E-state index is 12.9. The van der Waals surface area contributed by atoms with Gasteiger partial charge < -0.3 is 24.3 Å². The summed E-state index contributed by atoms with van der Waals surface area (Å²) in [5.41, 5.74) is 0.105. The predicted molar refractivity (Wildman–Crippen MR) is 94.7 cm³/mol. The Kier molecular flexibility index (Phi) is 3.46. The van der Waals surface area contributed by atoms with Crippen molar-refractivity contribution in [2.24, 2.45) is 0 Å². The topological polar surface area (TPSA) is 109 Å². The van der Waals surface area contributed by atoms with Crippen LogP contribution in [0.2, 0.25) is 0 Å². The summed E-state index contributed by atoms with van der Waals surface area (Å²) in [6.45, 7) is 7.23. The molecule has 0 unspecified atom stereocenters. The third-order valence-corrected chi connectivity index (χ3v) is 6.77. The predicted octanol–water partition coefficient (Wildman–Crippen LogP) is 2.56. The second-order valence-corrected chi connectivity index (χ2v) is 9.03. The highest BCUT2D eigenvalue weighted by atomic mass is 32.2. The molecule has 2 fully saturated rings. The number of anilines is 1. The van der Waals surface area contributed by atoms with E-state index >= 15 is 0 Å². The van der Waals surface area contributed by atoms with Gasteiger partial charge in [0, 0.05) is 4.75 Å². The number of hydrogen-bond acceptors (Lipinski definition) is 7. The minimum Gasteiger partial charge on any atom is -0.480 e. The molecule has 2 aliphatic rings. The van der Waals surface area contributed by atoms with Crippen LogP contribution in [0.4, 0.5) is 5.69 Å². The highest BCUT2D eigenvalue weighted by Crippen LogP contribution is 2.56. The van der Waals surface area contributed by atoms with Crippen LogP contribution in [0.1, 0.15) is 26.5 Å². The SMILES string of the molecule is Cc1onc(-c2ccco2)c1N[C@@]1(C)C(=O)N2[C@@H](C(=O)O)C(C)(C)S[C@@H]21. The Balaban J connectivity index is 1.68. The number of thioether (sulfide) groups is 1. The summed E-state index contributed by atoms with van der Waals surface area (Å²) in [6.07, 6.45) is 1.54. The lowest BCUT2D eigenvalue weighted by Gasteiger charge is -2.51. The third kappa shape index (κ3) is 2.13. The second-order valence-electron chi connectivity index (χ2n) is 7.29. The quantitative estimate of drug-likeness (QED) is 0.783. The monoisotopic (exact) mass is 377 g/mol. The zero-order chi connectivity index (χ0) is 18.9. The number of carbonyl (C=O) groups excluding carboxylic acids is 1. The number of aliphatic carboxylic acids is 1. The summed E-state index contributed by atoms with van der Waals surface area (Å²) >= 11 is 1.48. The number of nitrogens with zero attached hydrogens (tertiary/aromatic N) is 2. The molecule has 138 valence electrons. The number of fused-ring (bicyclic) bond motifs is 1. The van der Waals surface area contributed by atoms with Crippen molar-refractivity contribution in [1.29, 1.82) is 0 Å². The van der Waals surface area contributed by atoms with Crippen molar-refractivity contribution in [1.82, 2.24) is 10.1 Å². The summed E-state index contributed by atoms with van der Waals surface area (Å²) < 4.78 is 10.1. The first-order chi connectivity index (χ1) is 12.2. The number of carboxylic acids is 1. The first-order valence-corrected chi connectivity index (χ1v) is 9.06. The van der Waals surface area contributed by atoms with Gasteiger partial charge in [0.25, 0.3) is 5.91 Å². The number of aryl methyl sites for hydroxylation is 1. The molecule has 1 amide bonds. The number of β-lactam (4-membered cyclic amide) rings is 1. The molecule has 4 heterocycles. The molecule has 0 aliphatic carbocycles. The van der Waals surface area contributed by atoms with Crippen LogP contribution in [0.25, 0.3) is 11.5 Å². The lowest BCUT2D eigenvalue weighted by Crippen LogP contribution is -2.75. The fourth-order valence-electron chi connectivity index (χ4n) is 3.70. The Labute approximate surface area is 153 Å². The Morgan fingerprint density at radius 2 is 2.15 bits per heavy atom. The third-order valence-electron chi connectivity index (χ3n) is 5.01. The van der Waals surface area contributed by atoms with Crippen molar-refractivity contribution < 1.29 is 23.6 Å². The van der Waals surface area contributed by atoms with E-state index in [2.05, 4.69) is 10.5 Å². The summed E-state index contributed by atoms with van der Waals surface area (Å²) in [7, 11) is 0. The van der Waals surface area contributed by atoms with E-state index in [9.17, 15) is 14.7 Å². The number of amides is 1. The first-order valence-electron chi connectivity index (χ1n) is 8.18. The highest BCUT2D eigenvalue weighted by molar-refractivity contribution is 8.01. The van der Waals surface area contributed by atoms with Gasteiger partial charge in [-0.25, -0.2) is 4.79 Å². The molecule has 0 bridgehead atoms. The van der Waals surface area contributed by atoms with Gasteiger partial charge in [0.05, 0.1) is 6.26 Å². The van der Waals surface area contributed by atoms with Crippen molar-refractivity contribution >= 4 is 29.3 Å². The molecule has 2 aliphatic heterocycles. The molecule has 2 aromatic rings. The van der Waals surface area contributed by atoms with Gasteiger partial charge in [-0.1, -0.05) is 5.16 Å². The summed E-state index contributed by atoms with van der Waals surface area (Å²) in [6, 6.07) is 2.65. The van der Waals surface area contributed by atoms with Crippen LogP contribution < -0.4 is 5.32 Å². The van der Waals surface area contributed by atoms with E-state index in [-0.39, 0.29) is 11.3 Å². The van der Waals surface area contributed by atoms with Crippen molar-refractivity contribution in [3.63, 3.8) is 0 Å². The second kappa shape index (κ2) is 5.29. The number of nitrogens with one attached hydrogen (secondary N) is 1. The molecule has 0 radical (unpaired) electrons. The van der Waals surface area contributed by atoms with Gasteiger partial charge in [-0.15, -0.1) is 11.8 Å². The van der Waals surface area contributed by atoms with Crippen LogP contribution in [0.3, 0.4) is 0 Å². The number of furan rings is 1. The molecule has 4 rings (SSSR count). The van der Waals surface area contributed by atoms with Crippen LogP contribution in [0.15, 0.2) is 27.3 Å². The van der Waals surface area contributed by atoms with E-state index in [1.54, 1.807) is 26.0 Å². The van der Waals surface area contributed by atoms with Crippen LogP contribution in [-0.4, -0.2) is 48.7 Å². The Morgan fingerprint density at radius 1 is 1.42 bits per heavy atom. The Hall–Kier alpha value is -2.42. The van der Waals surface area contributed by atoms with E-state index < -0.39 is 22.3 Å². The van der Waals surface area contributed by atoms with Gasteiger partial charge in [-0.3, -0.25) is 4.79 Å². The maximum absolute atomic E-state index is 12.9. The van der Waals surface area contributed by atoms with Crippen molar-refractivity contribution in [3.8, 4) is 11.5 Å². The number of carboxylic acid groups (broad SMARTS) is 1. The standard InChI is InChI=1S/C17H19N3O5S/c1-8-10(11(19-25-8)9-6-5-7-24-9)18-17(4)14(23)20-12(13(21)22)16(2,3)26-15(17)20/h5-7,12,15,18H,1-4H3,(H,21,22)/t12-,15+,17-/m0/s1. The normalized spacial score (nSPS) is 29.4. The molecule has 8 nitrogen and oxygen atoms in total. The van der Waals surface area contributed by atoms with Crippen LogP contribution in [0, 0.1) is 6.92 Å². The molecule has 0 aromatic carbocycles. The molecule has 9 heteroatoms. The first kappa shape index (κ1) is 17.0. The molecule has 26 heavy (non-hydrogen) atoms. The van der Waals surface area contributed by atoms with Gasteiger partial charge in [0.15, 0.2) is 17.2 Å². The molecular weight excluding hydrogens is 358 g/mol. The molecule has 0 saturated carbocycles. The molecule has 2 aromatic heterocycles. The van der Waals surface area contributed by atoms with Crippen LogP contribution in [0.5, 0.6) is 0 Å². The average Bonchev–Trinajstić information content (AvgIpc) is 3.25. The van der Waals surface area contributed by atoms with Gasteiger partial charge >= 0.3 is 5.97 Å². The van der Waals surface area contributed by atoms with Crippen molar-refractivity contribution in [3.05, 3.63) is 24.2 Å². The molecule has 3 atom stereocenters. The van der Waals surface area contributed by atoms with E-state index in [4.69, 9.17) is 8.94 Å². The zero-order valence-corrected chi connectivity index (χ0v) is 15.6. The van der Waals surface area contributed by atoms with Crippen molar-refractivity contribution in [2.75, 3.05) is 5.32 Å². The molecular formula is C17H19N3O5S. The fraction of sp³-hybridized carbons (Fsp3) is 0.471. The number of aromatic nitrogens is 1. The largest absolute Gasteiger partial charge is 0.480 e. The minimum absolute atomic E-state index is 0.251. The minimum atomic E-state index is -0.988. The summed E-state index contributed by atoms with van der Waals surface area (Å²) in [4.78, 5) is 26.0. The van der Waals surface area contributed by atoms with Gasteiger partial charge in [-0.2, -0.15) is 0 Å². The number of hydrogen-bond donors (Lipinski definition) is 2. The number of rotatable bonds is 4.